The van der Waals surface area contributed by atoms with Crippen molar-refractivity contribution in [2.45, 2.75) is 13.3 Å². The van der Waals surface area contributed by atoms with Gasteiger partial charge >= 0.3 is 0 Å². The Bertz CT molecular complexity index is 232. The van der Waals surface area contributed by atoms with Crippen molar-refractivity contribution in [1.29, 1.82) is 0 Å². The predicted octanol–water partition coefficient (Wildman–Crippen LogP) is 2.39. The molecule has 0 unspecified atom stereocenters. The quantitative estimate of drug-likeness (QED) is 0.655. The number of imidazole rings is 1. The molecule has 0 spiro atoms. The topological polar surface area (TPSA) is 28.7 Å². The Morgan fingerprint density at radius 1 is 1.55 bits per heavy atom. The van der Waals surface area contributed by atoms with Crippen LogP contribution in [0.5, 0.6) is 0 Å². The van der Waals surface area contributed by atoms with E-state index in [2.05, 4.69) is 23.0 Å². The Hall–Kier alpha value is -1.31. The Morgan fingerprint density at radius 2 is 2.45 bits per heavy atom. The first-order valence-electron chi connectivity index (χ1n) is 3.76. The summed E-state index contributed by atoms with van der Waals surface area (Å²) < 4.78 is 0. The molecule has 1 N–H and O–H groups in total. The molecule has 0 aliphatic carbocycles. The van der Waals surface area contributed by atoms with Gasteiger partial charge in [0, 0.05) is 12.4 Å². The first kappa shape index (κ1) is 7.79. The molecule has 0 aliphatic rings. The number of aromatic nitrogens is 2. The van der Waals surface area contributed by atoms with Crippen LogP contribution in [0.25, 0.3) is 6.08 Å². The molecule has 0 amide bonds. The first-order valence-corrected chi connectivity index (χ1v) is 3.76. The molecule has 1 heterocycles. The van der Waals surface area contributed by atoms with Gasteiger partial charge in [0.25, 0.3) is 0 Å². The molecule has 11 heavy (non-hydrogen) atoms. The SMILES string of the molecule is CC/C=C/C=C/c1ncc[nH]1. The number of nitrogens with zero attached hydrogens (tertiary/aromatic N) is 1. The highest BCUT2D eigenvalue weighted by Gasteiger charge is 1.81. The molecule has 0 saturated heterocycles. The lowest BCUT2D eigenvalue weighted by Crippen LogP contribution is -1.70. The van der Waals surface area contributed by atoms with Gasteiger partial charge in [0.05, 0.1) is 0 Å². The van der Waals surface area contributed by atoms with E-state index >= 15 is 0 Å². The summed E-state index contributed by atoms with van der Waals surface area (Å²) >= 11 is 0. The highest BCUT2D eigenvalue weighted by molar-refractivity contribution is 5.42. The van der Waals surface area contributed by atoms with Crippen molar-refractivity contribution in [3.8, 4) is 0 Å². The van der Waals surface area contributed by atoms with E-state index in [9.17, 15) is 0 Å². The summed E-state index contributed by atoms with van der Waals surface area (Å²) in [5, 5.41) is 0. The fourth-order valence-electron chi connectivity index (χ4n) is 0.730. The lowest BCUT2D eigenvalue weighted by atomic mass is 10.4. The molecule has 0 bridgehead atoms. The van der Waals surface area contributed by atoms with Gasteiger partial charge < -0.3 is 4.98 Å². The maximum Gasteiger partial charge on any atom is 0.129 e. The molecule has 0 saturated carbocycles. The Balaban J connectivity index is 2.43. The van der Waals surface area contributed by atoms with Crippen LogP contribution < -0.4 is 0 Å². The number of hydrogen-bond donors (Lipinski definition) is 1. The highest BCUT2D eigenvalue weighted by Crippen LogP contribution is 1.92. The molecule has 0 radical (unpaired) electrons. The lowest BCUT2D eigenvalue weighted by molar-refractivity contribution is 1.22. The number of nitrogens with one attached hydrogen (secondary N) is 1. The second kappa shape index (κ2) is 4.50. The molecule has 2 heteroatoms. The van der Waals surface area contributed by atoms with E-state index < -0.39 is 0 Å². The van der Waals surface area contributed by atoms with E-state index in [0.29, 0.717) is 0 Å². The average molecular weight is 148 g/mol. The smallest absolute Gasteiger partial charge is 0.129 e. The Morgan fingerprint density at radius 3 is 3.09 bits per heavy atom. The summed E-state index contributed by atoms with van der Waals surface area (Å²) in [7, 11) is 0. The fraction of sp³-hybridized carbons (Fsp3) is 0.222. The molecule has 1 aromatic heterocycles. The predicted molar refractivity (Wildman–Crippen MR) is 47.1 cm³/mol. The van der Waals surface area contributed by atoms with Crippen LogP contribution in [-0.4, -0.2) is 9.97 Å². The Kier molecular flexibility index (Phi) is 3.19. The van der Waals surface area contributed by atoms with Gasteiger partial charge in [0.1, 0.15) is 5.82 Å². The zero-order valence-corrected chi connectivity index (χ0v) is 6.62. The van der Waals surface area contributed by atoms with Crippen LogP contribution in [-0.2, 0) is 0 Å². The maximum absolute atomic E-state index is 4.04. The number of H-pyrrole nitrogens is 1. The van der Waals surface area contributed by atoms with Gasteiger partial charge in [0.15, 0.2) is 0 Å². The van der Waals surface area contributed by atoms with Gasteiger partial charge in [-0.15, -0.1) is 0 Å². The number of aromatic amines is 1. The zero-order valence-electron chi connectivity index (χ0n) is 6.62. The van der Waals surface area contributed by atoms with Gasteiger partial charge in [-0.2, -0.15) is 0 Å². The van der Waals surface area contributed by atoms with Gasteiger partial charge in [-0.3, -0.25) is 0 Å². The van der Waals surface area contributed by atoms with Crippen molar-refractivity contribution >= 4 is 6.08 Å². The van der Waals surface area contributed by atoms with E-state index in [-0.39, 0.29) is 0 Å². The molecule has 0 aromatic carbocycles. The van der Waals surface area contributed by atoms with Crippen molar-refractivity contribution in [3.63, 3.8) is 0 Å². The third kappa shape index (κ3) is 2.85. The van der Waals surface area contributed by atoms with Gasteiger partial charge in [-0.05, 0) is 12.5 Å². The number of hydrogen-bond acceptors (Lipinski definition) is 1. The van der Waals surface area contributed by atoms with E-state index in [1.54, 1.807) is 6.20 Å². The van der Waals surface area contributed by atoms with Crippen molar-refractivity contribution in [2.75, 3.05) is 0 Å². The van der Waals surface area contributed by atoms with Crippen LogP contribution in [0.15, 0.2) is 30.6 Å². The Labute approximate surface area is 66.7 Å². The van der Waals surface area contributed by atoms with Gasteiger partial charge in [0.2, 0.25) is 0 Å². The van der Waals surface area contributed by atoms with Gasteiger partial charge in [-0.25, -0.2) is 4.98 Å². The van der Waals surface area contributed by atoms with Crippen molar-refractivity contribution < 1.29 is 0 Å². The molecular formula is C9H12N2. The molecule has 0 fully saturated rings. The summed E-state index contributed by atoms with van der Waals surface area (Å²) in [6.07, 6.45) is 12.6. The van der Waals surface area contributed by atoms with E-state index in [0.717, 1.165) is 12.2 Å². The fourth-order valence-corrected chi connectivity index (χ4v) is 0.730. The summed E-state index contributed by atoms with van der Waals surface area (Å²) in [6.45, 7) is 2.11. The van der Waals surface area contributed by atoms with E-state index in [1.807, 2.05) is 24.4 Å². The molecular weight excluding hydrogens is 136 g/mol. The van der Waals surface area contributed by atoms with Crippen molar-refractivity contribution in [1.82, 2.24) is 9.97 Å². The first-order chi connectivity index (χ1) is 5.43. The largest absolute Gasteiger partial charge is 0.345 e. The third-order valence-corrected chi connectivity index (χ3v) is 1.26. The zero-order chi connectivity index (χ0) is 7.94. The summed E-state index contributed by atoms with van der Waals surface area (Å²) in [5.41, 5.74) is 0. The van der Waals surface area contributed by atoms with Crippen LogP contribution >= 0.6 is 0 Å². The summed E-state index contributed by atoms with van der Waals surface area (Å²) in [6, 6.07) is 0. The summed E-state index contributed by atoms with van der Waals surface area (Å²) in [4.78, 5) is 7.02. The molecule has 0 aliphatic heterocycles. The van der Waals surface area contributed by atoms with Crippen LogP contribution in [0.3, 0.4) is 0 Å². The molecule has 1 rings (SSSR count). The highest BCUT2D eigenvalue weighted by atomic mass is 14.9. The van der Waals surface area contributed by atoms with Gasteiger partial charge in [-0.1, -0.05) is 25.2 Å². The van der Waals surface area contributed by atoms with Crippen LogP contribution in [0.4, 0.5) is 0 Å². The number of rotatable bonds is 3. The maximum atomic E-state index is 4.04. The minimum Gasteiger partial charge on any atom is -0.345 e. The van der Waals surface area contributed by atoms with Crippen LogP contribution in [0, 0.1) is 0 Å². The lowest BCUT2D eigenvalue weighted by Gasteiger charge is -1.79. The molecule has 58 valence electrons. The minimum atomic E-state index is 0.894. The van der Waals surface area contributed by atoms with Crippen LogP contribution in [0.2, 0.25) is 0 Å². The molecule has 2 nitrogen and oxygen atoms in total. The number of allylic oxidation sites excluding steroid dienone is 3. The standard InChI is InChI=1S/C9H12N2/c1-2-3-4-5-6-9-10-7-8-11-9/h3-8H,2H2,1H3,(H,10,11)/b4-3+,6-5+. The second-order valence-electron chi connectivity index (χ2n) is 2.17. The third-order valence-electron chi connectivity index (χ3n) is 1.26. The minimum absolute atomic E-state index is 0.894. The molecule has 0 atom stereocenters. The summed E-state index contributed by atoms with van der Waals surface area (Å²) in [5.74, 6) is 0.894. The average Bonchev–Trinajstić information content (AvgIpc) is 2.50. The van der Waals surface area contributed by atoms with Crippen molar-refractivity contribution in [2.24, 2.45) is 0 Å². The van der Waals surface area contributed by atoms with E-state index in [1.165, 1.54) is 0 Å². The monoisotopic (exact) mass is 148 g/mol. The van der Waals surface area contributed by atoms with Crippen molar-refractivity contribution in [3.05, 3.63) is 36.4 Å². The van der Waals surface area contributed by atoms with Crippen LogP contribution in [0.1, 0.15) is 19.2 Å². The second-order valence-corrected chi connectivity index (χ2v) is 2.17. The normalized spacial score (nSPS) is 11.7. The van der Waals surface area contributed by atoms with E-state index in [4.69, 9.17) is 0 Å². The molecule has 1 aromatic rings.